The molecule has 10 heteroatoms. The lowest BCUT2D eigenvalue weighted by molar-refractivity contribution is -0.386. The number of para-hydroxylation sites is 2. The Labute approximate surface area is 203 Å². The Morgan fingerprint density at radius 3 is 2.59 bits per heavy atom. The number of benzene rings is 3. The predicted molar refractivity (Wildman–Crippen MR) is 129 cm³/mol. The van der Waals surface area contributed by atoms with E-state index in [2.05, 4.69) is 26.5 Å². The first-order valence-corrected chi connectivity index (χ1v) is 10.9. The van der Waals surface area contributed by atoms with Gasteiger partial charge in [0.1, 0.15) is 5.75 Å². The molecule has 0 fully saturated rings. The van der Waals surface area contributed by atoms with Crippen molar-refractivity contribution < 1.29 is 24.0 Å². The van der Waals surface area contributed by atoms with Crippen LogP contribution in [-0.2, 0) is 4.79 Å². The van der Waals surface area contributed by atoms with Crippen LogP contribution in [0.25, 0.3) is 0 Å². The number of amides is 1. The summed E-state index contributed by atoms with van der Waals surface area (Å²) in [5, 5.41) is 15.0. The van der Waals surface area contributed by atoms with Crippen LogP contribution in [0.15, 0.2) is 76.3 Å². The summed E-state index contributed by atoms with van der Waals surface area (Å²) in [6, 6.07) is 17.7. The Balaban J connectivity index is 1.68. The molecular formula is C24H20BrN3O6. The Kier molecular flexibility index (Phi) is 8.10. The van der Waals surface area contributed by atoms with Crippen molar-refractivity contribution in [1.29, 1.82) is 0 Å². The molecule has 0 aromatic heterocycles. The third-order valence-corrected chi connectivity index (χ3v) is 5.03. The maximum absolute atomic E-state index is 12.5. The van der Waals surface area contributed by atoms with Gasteiger partial charge in [0.2, 0.25) is 0 Å². The molecule has 3 aromatic carbocycles. The summed E-state index contributed by atoms with van der Waals surface area (Å²) in [7, 11) is 0. The van der Waals surface area contributed by atoms with Crippen LogP contribution in [0.2, 0.25) is 0 Å². The van der Waals surface area contributed by atoms with E-state index in [0.717, 1.165) is 5.56 Å². The Hall–Kier alpha value is -4.05. The second-order valence-electron chi connectivity index (χ2n) is 7.16. The average Bonchev–Trinajstić information content (AvgIpc) is 2.80. The summed E-state index contributed by atoms with van der Waals surface area (Å²) < 4.78 is 11.6. The Bertz CT molecular complexity index is 1260. The predicted octanol–water partition coefficient (Wildman–Crippen LogP) is 4.80. The number of rotatable bonds is 8. The van der Waals surface area contributed by atoms with Gasteiger partial charge in [-0.15, -0.1) is 0 Å². The van der Waals surface area contributed by atoms with Crippen LogP contribution in [0.4, 0.5) is 5.69 Å². The van der Waals surface area contributed by atoms with Crippen molar-refractivity contribution in [2.75, 3.05) is 0 Å². The zero-order chi connectivity index (χ0) is 24.7. The van der Waals surface area contributed by atoms with Crippen molar-refractivity contribution in [3.05, 3.63) is 98.0 Å². The van der Waals surface area contributed by atoms with E-state index in [9.17, 15) is 19.7 Å². The van der Waals surface area contributed by atoms with Gasteiger partial charge in [-0.3, -0.25) is 14.9 Å². The molecule has 0 saturated carbocycles. The molecule has 174 valence electrons. The van der Waals surface area contributed by atoms with Gasteiger partial charge in [0.15, 0.2) is 11.9 Å². The van der Waals surface area contributed by atoms with Crippen LogP contribution < -0.4 is 14.9 Å². The Morgan fingerprint density at radius 2 is 1.85 bits per heavy atom. The number of nitro groups is 1. The fraction of sp³-hybridized carbons (Fsp3) is 0.125. The van der Waals surface area contributed by atoms with Gasteiger partial charge >= 0.3 is 11.7 Å². The number of nitrogens with one attached hydrogen (secondary N) is 1. The molecule has 9 nitrogen and oxygen atoms in total. The van der Waals surface area contributed by atoms with Gasteiger partial charge in [-0.2, -0.15) is 5.10 Å². The maximum Gasteiger partial charge on any atom is 0.343 e. The largest absolute Gasteiger partial charge is 0.474 e. The molecule has 0 radical (unpaired) electrons. The molecule has 1 amide bonds. The first-order chi connectivity index (χ1) is 16.2. The summed E-state index contributed by atoms with van der Waals surface area (Å²) in [6.45, 7) is 3.31. The first kappa shape index (κ1) is 24.6. The maximum atomic E-state index is 12.5. The van der Waals surface area contributed by atoms with Gasteiger partial charge in [-0.25, -0.2) is 10.2 Å². The summed E-state index contributed by atoms with van der Waals surface area (Å²) in [5.74, 6) is -0.938. The van der Waals surface area contributed by atoms with E-state index in [4.69, 9.17) is 9.47 Å². The third kappa shape index (κ3) is 6.48. The van der Waals surface area contributed by atoms with Gasteiger partial charge in [-0.05, 0) is 50.2 Å². The highest BCUT2D eigenvalue weighted by Gasteiger charge is 2.20. The number of hydrogen-bond donors (Lipinski definition) is 1. The number of nitro benzene ring substituents is 1. The summed E-state index contributed by atoms with van der Waals surface area (Å²) in [5.41, 5.74) is 3.83. The minimum absolute atomic E-state index is 0.0310. The van der Waals surface area contributed by atoms with Crippen molar-refractivity contribution in [3.8, 4) is 11.5 Å². The van der Waals surface area contributed by atoms with Gasteiger partial charge in [0.25, 0.3) is 5.91 Å². The number of ether oxygens (including phenoxy) is 2. The van der Waals surface area contributed by atoms with E-state index in [0.29, 0.717) is 15.6 Å². The molecule has 0 bridgehead atoms. The van der Waals surface area contributed by atoms with Crippen molar-refractivity contribution in [2.45, 2.75) is 20.0 Å². The fourth-order valence-electron chi connectivity index (χ4n) is 2.85. The molecule has 3 aromatic rings. The minimum atomic E-state index is -1.06. The molecular weight excluding hydrogens is 506 g/mol. The molecule has 0 saturated heterocycles. The second-order valence-corrected chi connectivity index (χ2v) is 8.08. The van der Waals surface area contributed by atoms with Gasteiger partial charge in [0, 0.05) is 16.1 Å². The van der Waals surface area contributed by atoms with Crippen molar-refractivity contribution in [1.82, 2.24) is 5.43 Å². The van der Waals surface area contributed by atoms with Crippen LogP contribution in [0.5, 0.6) is 11.5 Å². The molecule has 0 aliphatic carbocycles. The van der Waals surface area contributed by atoms with Crippen LogP contribution in [0, 0.1) is 17.0 Å². The molecule has 0 heterocycles. The third-order valence-electron chi connectivity index (χ3n) is 4.54. The average molecular weight is 526 g/mol. The van der Waals surface area contributed by atoms with Crippen LogP contribution in [0.1, 0.15) is 28.4 Å². The number of carbonyl (C=O) groups excluding carboxylic acids is 2. The number of halogens is 1. The number of aryl methyl sites for hydroxylation is 1. The van der Waals surface area contributed by atoms with Gasteiger partial charge < -0.3 is 9.47 Å². The van der Waals surface area contributed by atoms with E-state index in [1.54, 1.807) is 42.5 Å². The second kappa shape index (κ2) is 11.2. The van der Waals surface area contributed by atoms with E-state index >= 15 is 0 Å². The summed E-state index contributed by atoms with van der Waals surface area (Å²) in [6.07, 6.45) is 0.263. The smallest absolute Gasteiger partial charge is 0.343 e. The molecule has 0 spiro atoms. The fourth-order valence-corrected chi connectivity index (χ4v) is 3.23. The molecule has 0 aliphatic rings. The lowest BCUT2D eigenvalue weighted by atomic mass is 10.1. The standard InChI is InChI=1S/C24H20BrN3O6/c1-15-6-5-7-17(12-15)24(30)34-21-11-10-19(25)13-18(21)14-26-27-23(29)16(2)33-22-9-4-3-8-20(22)28(31)32/h3-14,16H,1-2H3,(H,27,29)/b26-14+. The highest BCUT2D eigenvalue weighted by Crippen LogP contribution is 2.27. The Morgan fingerprint density at radius 1 is 1.09 bits per heavy atom. The van der Waals surface area contributed by atoms with Crippen molar-refractivity contribution in [3.63, 3.8) is 0 Å². The number of nitrogens with zero attached hydrogens (tertiary/aromatic N) is 2. The van der Waals surface area contributed by atoms with Crippen LogP contribution in [-0.4, -0.2) is 29.1 Å². The summed E-state index contributed by atoms with van der Waals surface area (Å²) in [4.78, 5) is 35.4. The number of hydrogen-bond acceptors (Lipinski definition) is 7. The molecule has 1 N–H and O–H groups in total. The van der Waals surface area contributed by atoms with Crippen molar-refractivity contribution >= 4 is 39.7 Å². The van der Waals surface area contributed by atoms with Crippen molar-refractivity contribution in [2.24, 2.45) is 5.10 Å². The van der Waals surface area contributed by atoms with Crippen LogP contribution in [0.3, 0.4) is 0 Å². The molecule has 0 aliphatic heterocycles. The quantitative estimate of drug-likeness (QED) is 0.148. The zero-order valence-electron chi connectivity index (χ0n) is 18.2. The van der Waals surface area contributed by atoms with E-state index in [1.165, 1.54) is 31.3 Å². The molecule has 1 unspecified atom stereocenters. The molecule has 3 rings (SSSR count). The van der Waals surface area contributed by atoms with E-state index in [-0.39, 0.29) is 17.2 Å². The minimum Gasteiger partial charge on any atom is -0.474 e. The summed E-state index contributed by atoms with van der Waals surface area (Å²) >= 11 is 3.35. The monoisotopic (exact) mass is 525 g/mol. The van der Waals surface area contributed by atoms with E-state index in [1.807, 2.05) is 13.0 Å². The highest BCUT2D eigenvalue weighted by atomic mass is 79.9. The lowest BCUT2D eigenvalue weighted by Crippen LogP contribution is -2.33. The number of hydrazone groups is 1. The van der Waals surface area contributed by atoms with Gasteiger partial charge in [-0.1, -0.05) is 45.8 Å². The number of carbonyl (C=O) groups is 2. The normalized spacial score (nSPS) is 11.6. The number of esters is 1. The molecule has 1 atom stereocenters. The SMILES string of the molecule is Cc1cccc(C(=O)Oc2ccc(Br)cc2/C=N/NC(=O)C(C)Oc2ccccc2[N+](=O)[O-])c1. The lowest BCUT2D eigenvalue weighted by Gasteiger charge is -2.13. The van der Waals surface area contributed by atoms with E-state index < -0.39 is 22.9 Å². The highest BCUT2D eigenvalue weighted by molar-refractivity contribution is 9.10. The zero-order valence-corrected chi connectivity index (χ0v) is 19.8. The first-order valence-electron chi connectivity index (χ1n) is 10.1. The van der Waals surface area contributed by atoms with Crippen LogP contribution >= 0.6 is 15.9 Å². The topological polar surface area (TPSA) is 120 Å². The van der Waals surface area contributed by atoms with Gasteiger partial charge in [0.05, 0.1) is 16.7 Å². The molecule has 34 heavy (non-hydrogen) atoms.